The summed E-state index contributed by atoms with van der Waals surface area (Å²) in [6, 6.07) is 25.2. The Morgan fingerprint density at radius 2 is 1.76 bits per heavy atom. The quantitative estimate of drug-likeness (QED) is 0.210. The summed E-state index contributed by atoms with van der Waals surface area (Å²) >= 11 is 3.59. The highest BCUT2D eigenvalue weighted by molar-refractivity contribution is 9.10. The van der Waals surface area contributed by atoms with Crippen LogP contribution in [-0.2, 0) is 6.61 Å². The molecule has 4 aromatic rings. The van der Waals surface area contributed by atoms with Gasteiger partial charge in [-0.3, -0.25) is 4.79 Å². The molecule has 0 aliphatic rings. The van der Waals surface area contributed by atoms with E-state index in [1.165, 1.54) is 5.56 Å². The molecule has 1 amide bonds. The van der Waals surface area contributed by atoms with Gasteiger partial charge in [0, 0.05) is 5.56 Å². The molecule has 34 heavy (non-hydrogen) atoms. The lowest BCUT2D eigenvalue weighted by Crippen LogP contribution is -2.17. The Hall–Kier alpha value is -3.64. The third-order valence-electron chi connectivity index (χ3n) is 5.38. The van der Waals surface area contributed by atoms with Crippen molar-refractivity contribution < 1.29 is 14.3 Å². The SMILES string of the molecule is CCOc1cc(/C=N\NC(=O)c2cccc3ccccc23)cc(Br)c1OCc1ccccc1C. The number of carbonyl (C=O) groups excluding carboxylic acids is 1. The van der Waals surface area contributed by atoms with Crippen LogP contribution in [0.5, 0.6) is 11.5 Å². The van der Waals surface area contributed by atoms with Crippen molar-refractivity contribution in [3.8, 4) is 11.5 Å². The molecule has 1 N–H and O–H groups in total. The summed E-state index contributed by atoms with van der Waals surface area (Å²) in [6.45, 7) is 4.90. The van der Waals surface area contributed by atoms with Gasteiger partial charge in [-0.25, -0.2) is 5.43 Å². The standard InChI is InChI=1S/C28H25BrN2O3/c1-3-33-26-16-20(15-25(29)27(26)34-18-22-11-5-4-9-19(22)2)17-30-31-28(32)24-14-8-12-21-10-6-7-13-23(21)24/h4-17H,3,18H2,1-2H3,(H,31,32)/b30-17-. The van der Waals surface area contributed by atoms with Crippen LogP contribution in [0.15, 0.2) is 88.4 Å². The van der Waals surface area contributed by atoms with Crippen molar-refractivity contribution in [2.24, 2.45) is 5.10 Å². The van der Waals surface area contributed by atoms with Crippen molar-refractivity contribution in [2.75, 3.05) is 6.61 Å². The number of nitrogens with one attached hydrogen (secondary N) is 1. The fourth-order valence-electron chi connectivity index (χ4n) is 3.64. The highest BCUT2D eigenvalue weighted by Gasteiger charge is 2.13. The molecule has 5 nitrogen and oxygen atoms in total. The summed E-state index contributed by atoms with van der Waals surface area (Å²) in [5, 5.41) is 6.05. The van der Waals surface area contributed by atoms with Gasteiger partial charge in [0.1, 0.15) is 6.61 Å². The van der Waals surface area contributed by atoms with Crippen molar-refractivity contribution in [2.45, 2.75) is 20.5 Å². The molecule has 0 unspecified atom stereocenters. The molecule has 172 valence electrons. The molecule has 0 aliphatic heterocycles. The minimum atomic E-state index is -0.268. The van der Waals surface area contributed by atoms with Crippen molar-refractivity contribution >= 4 is 38.8 Å². The lowest BCUT2D eigenvalue weighted by atomic mass is 10.0. The Morgan fingerprint density at radius 1 is 1.00 bits per heavy atom. The first kappa shape index (κ1) is 23.5. The first-order chi connectivity index (χ1) is 16.6. The molecule has 0 radical (unpaired) electrons. The molecular weight excluding hydrogens is 492 g/mol. The van der Waals surface area contributed by atoms with E-state index in [9.17, 15) is 4.79 Å². The first-order valence-corrected chi connectivity index (χ1v) is 11.8. The molecule has 0 atom stereocenters. The second-order valence-corrected chi connectivity index (χ2v) is 8.56. The molecule has 0 aromatic heterocycles. The number of benzene rings is 4. The molecule has 0 saturated carbocycles. The molecule has 4 rings (SSSR count). The topological polar surface area (TPSA) is 59.9 Å². The van der Waals surface area contributed by atoms with E-state index in [-0.39, 0.29) is 5.91 Å². The van der Waals surface area contributed by atoms with Gasteiger partial charge in [0.05, 0.1) is 17.3 Å². The Kier molecular flexibility index (Phi) is 7.60. The Labute approximate surface area is 207 Å². The second-order valence-electron chi connectivity index (χ2n) is 7.70. The number of carbonyl (C=O) groups is 1. The van der Waals surface area contributed by atoms with E-state index in [4.69, 9.17) is 9.47 Å². The van der Waals surface area contributed by atoms with E-state index in [0.717, 1.165) is 26.4 Å². The van der Waals surface area contributed by atoms with Gasteiger partial charge in [0.25, 0.3) is 5.91 Å². The molecule has 0 heterocycles. The number of hydrogen-bond donors (Lipinski definition) is 1. The zero-order valence-electron chi connectivity index (χ0n) is 19.0. The number of ether oxygens (including phenoxy) is 2. The molecule has 4 aromatic carbocycles. The number of amides is 1. The van der Waals surface area contributed by atoms with E-state index in [2.05, 4.69) is 39.4 Å². The van der Waals surface area contributed by atoms with Gasteiger partial charge >= 0.3 is 0 Å². The third kappa shape index (κ3) is 5.46. The normalized spacial score (nSPS) is 11.0. The van der Waals surface area contributed by atoms with Crippen LogP contribution >= 0.6 is 15.9 Å². The van der Waals surface area contributed by atoms with Crippen molar-refractivity contribution in [1.29, 1.82) is 0 Å². The number of rotatable bonds is 8. The Bertz CT molecular complexity index is 1350. The van der Waals surface area contributed by atoms with Gasteiger partial charge in [0.2, 0.25) is 0 Å². The Balaban J connectivity index is 1.50. The molecule has 0 fully saturated rings. The first-order valence-electron chi connectivity index (χ1n) is 11.0. The molecule has 0 spiro atoms. The predicted octanol–water partition coefficient (Wildman–Crippen LogP) is 6.65. The van der Waals surface area contributed by atoms with Crippen molar-refractivity contribution in [1.82, 2.24) is 5.43 Å². The van der Waals surface area contributed by atoms with Crippen LogP contribution < -0.4 is 14.9 Å². The third-order valence-corrected chi connectivity index (χ3v) is 5.97. The average molecular weight is 517 g/mol. The predicted molar refractivity (Wildman–Crippen MR) is 140 cm³/mol. The average Bonchev–Trinajstić information content (AvgIpc) is 2.84. The smallest absolute Gasteiger partial charge is 0.271 e. The number of aryl methyl sites for hydroxylation is 1. The minimum absolute atomic E-state index is 0.268. The lowest BCUT2D eigenvalue weighted by Gasteiger charge is -2.15. The summed E-state index contributed by atoms with van der Waals surface area (Å²) in [4.78, 5) is 12.7. The summed E-state index contributed by atoms with van der Waals surface area (Å²) in [6.07, 6.45) is 1.58. The van der Waals surface area contributed by atoms with Crippen LogP contribution in [0.2, 0.25) is 0 Å². The molecule has 0 aliphatic carbocycles. The van der Waals surface area contributed by atoms with Crippen molar-refractivity contribution in [3.05, 3.63) is 106 Å². The minimum Gasteiger partial charge on any atom is -0.490 e. The van der Waals surface area contributed by atoms with Gasteiger partial charge in [-0.1, -0.05) is 60.7 Å². The number of halogens is 1. The maximum atomic E-state index is 12.7. The zero-order chi connectivity index (χ0) is 23.9. The molecule has 0 saturated heterocycles. The maximum Gasteiger partial charge on any atom is 0.271 e. The van der Waals surface area contributed by atoms with Gasteiger partial charge in [-0.05, 0) is 75.4 Å². The fraction of sp³-hybridized carbons (Fsp3) is 0.143. The largest absolute Gasteiger partial charge is 0.490 e. The van der Waals surface area contributed by atoms with Gasteiger partial charge < -0.3 is 9.47 Å². The lowest BCUT2D eigenvalue weighted by molar-refractivity contribution is 0.0957. The number of fused-ring (bicyclic) bond motifs is 1. The highest BCUT2D eigenvalue weighted by atomic mass is 79.9. The van der Waals surface area contributed by atoms with Crippen LogP contribution in [0.4, 0.5) is 0 Å². The fourth-order valence-corrected chi connectivity index (χ4v) is 4.21. The number of nitrogens with zero attached hydrogens (tertiary/aromatic N) is 1. The summed E-state index contributed by atoms with van der Waals surface area (Å²) in [7, 11) is 0. The molecular formula is C28H25BrN2O3. The van der Waals surface area contributed by atoms with Gasteiger partial charge in [-0.15, -0.1) is 0 Å². The van der Waals surface area contributed by atoms with Crippen LogP contribution in [0.25, 0.3) is 10.8 Å². The van der Waals surface area contributed by atoms with E-state index in [0.29, 0.717) is 30.3 Å². The monoisotopic (exact) mass is 516 g/mol. The molecule has 6 heteroatoms. The van der Waals surface area contributed by atoms with E-state index in [1.807, 2.05) is 73.7 Å². The highest BCUT2D eigenvalue weighted by Crippen LogP contribution is 2.37. The van der Waals surface area contributed by atoms with Gasteiger partial charge in [-0.2, -0.15) is 5.10 Å². The summed E-state index contributed by atoms with van der Waals surface area (Å²) in [5.74, 6) is 0.963. The van der Waals surface area contributed by atoms with Crippen LogP contribution in [-0.4, -0.2) is 18.7 Å². The second kappa shape index (κ2) is 11.0. The van der Waals surface area contributed by atoms with Gasteiger partial charge in [0.15, 0.2) is 11.5 Å². The zero-order valence-corrected chi connectivity index (χ0v) is 20.6. The van der Waals surface area contributed by atoms with E-state index < -0.39 is 0 Å². The number of hydrazone groups is 1. The van der Waals surface area contributed by atoms with Crippen LogP contribution in [0.3, 0.4) is 0 Å². The van der Waals surface area contributed by atoms with E-state index >= 15 is 0 Å². The molecule has 0 bridgehead atoms. The summed E-state index contributed by atoms with van der Waals surface area (Å²) in [5.41, 5.74) is 6.24. The van der Waals surface area contributed by atoms with E-state index in [1.54, 1.807) is 12.3 Å². The maximum absolute atomic E-state index is 12.7. The van der Waals surface area contributed by atoms with Crippen LogP contribution in [0.1, 0.15) is 34.0 Å². The van der Waals surface area contributed by atoms with Crippen molar-refractivity contribution in [3.63, 3.8) is 0 Å². The Morgan fingerprint density at radius 3 is 2.59 bits per heavy atom. The summed E-state index contributed by atoms with van der Waals surface area (Å²) < 4.78 is 12.7. The number of hydrogen-bond acceptors (Lipinski definition) is 4. The van der Waals surface area contributed by atoms with Crippen LogP contribution in [0, 0.1) is 6.92 Å².